The van der Waals surface area contributed by atoms with E-state index in [-0.39, 0.29) is 0 Å². The topological polar surface area (TPSA) is 0 Å². The molecule has 0 nitrogen and oxygen atoms in total. The summed E-state index contributed by atoms with van der Waals surface area (Å²) in [5.74, 6) is 0. The lowest BCUT2D eigenvalue weighted by Crippen LogP contribution is -1.63. The smallest absolute Gasteiger partial charge is 0.0351 e. The van der Waals surface area contributed by atoms with E-state index in [1.54, 1.807) is 6.08 Å². The van der Waals surface area contributed by atoms with E-state index in [0.717, 1.165) is 0 Å². The van der Waals surface area contributed by atoms with Crippen molar-refractivity contribution in [3.8, 4) is 0 Å². The standard InChI is InChI=1S/C7H14.C6H12.C3H6.C2H4/c1-3-5-7-6-4-2;1-3-5-6-4-2;1-3-2;1-2/h3,5H,4,6-7H2,1-2H3;3H,1,4-6H2,2H3;3H,1H2,2H3;1-2H2/b5-3+;;;. The fraction of sp³-hybridized carbons (Fsp3) is 0.556. The molecule has 0 aromatic heterocycles. The van der Waals surface area contributed by atoms with Crippen molar-refractivity contribution in [2.24, 2.45) is 0 Å². The van der Waals surface area contributed by atoms with Gasteiger partial charge in [-0.05, 0) is 26.7 Å². The summed E-state index contributed by atoms with van der Waals surface area (Å²) < 4.78 is 0. The average Bonchev–Trinajstić information content (AvgIpc) is 2.41. The van der Waals surface area contributed by atoms with Gasteiger partial charge in [0.15, 0.2) is 0 Å². The van der Waals surface area contributed by atoms with Crippen LogP contribution in [0.4, 0.5) is 0 Å². The van der Waals surface area contributed by atoms with Gasteiger partial charge in [-0.2, -0.15) is 0 Å². The van der Waals surface area contributed by atoms with Crippen molar-refractivity contribution in [1.29, 1.82) is 0 Å². The third-order valence-corrected chi connectivity index (χ3v) is 1.72. The molecule has 0 heteroatoms. The van der Waals surface area contributed by atoms with Gasteiger partial charge in [0.2, 0.25) is 0 Å². The van der Waals surface area contributed by atoms with Crippen molar-refractivity contribution in [3.63, 3.8) is 0 Å². The van der Waals surface area contributed by atoms with Crippen molar-refractivity contribution in [3.05, 3.63) is 50.6 Å². The molecule has 0 atom stereocenters. The zero-order chi connectivity index (χ0) is 15.1. The molecule has 0 radical (unpaired) electrons. The van der Waals surface area contributed by atoms with Crippen LogP contribution in [0.1, 0.15) is 66.2 Å². The molecule has 0 aromatic carbocycles. The van der Waals surface area contributed by atoms with Crippen molar-refractivity contribution in [2.75, 3.05) is 0 Å². The molecule has 0 aromatic rings. The maximum atomic E-state index is 3.60. The summed E-state index contributed by atoms with van der Waals surface area (Å²) in [6.07, 6.45) is 15.7. The maximum Gasteiger partial charge on any atom is -0.0351 e. The van der Waals surface area contributed by atoms with Gasteiger partial charge >= 0.3 is 0 Å². The quantitative estimate of drug-likeness (QED) is 0.349. The Kier molecular flexibility index (Phi) is 63.6. The fourth-order valence-electron chi connectivity index (χ4n) is 0.837. The molecule has 0 spiro atoms. The molecule has 18 heavy (non-hydrogen) atoms. The second-order valence-electron chi connectivity index (χ2n) is 3.55. The third kappa shape index (κ3) is 82.1. The van der Waals surface area contributed by atoms with Crippen molar-refractivity contribution in [2.45, 2.75) is 66.2 Å². The summed E-state index contributed by atoms with van der Waals surface area (Å²) in [6, 6.07) is 0. The lowest BCUT2D eigenvalue weighted by atomic mass is 10.2. The minimum Gasteiger partial charge on any atom is -0.106 e. The van der Waals surface area contributed by atoms with E-state index in [1.165, 1.54) is 38.5 Å². The van der Waals surface area contributed by atoms with Gasteiger partial charge in [0.05, 0.1) is 0 Å². The molecule has 108 valence electrons. The van der Waals surface area contributed by atoms with Crippen LogP contribution in [-0.4, -0.2) is 0 Å². The van der Waals surface area contributed by atoms with Crippen LogP contribution in [0.5, 0.6) is 0 Å². The Morgan fingerprint density at radius 2 is 1.22 bits per heavy atom. The molecule has 0 aliphatic heterocycles. The number of hydrogen-bond acceptors (Lipinski definition) is 0. The molecule has 0 rings (SSSR count). The Hall–Kier alpha value is -1.04. The largest absolute Gasteiger partial charge is 0.106 e. The molecule has 0 heterocycles. The van der Waals surface area contributed by atoms with Crippen molar-refractivity contribution < 1.29 is 0 Å². The first-order valence-electron chi connectivity index (χ1n) is 7.04. The Morgan fingerprint density at radius 1 is 0.833 bits per heavy atom. The van der Waals surface area contributed by atoms with E-state index in [1.807, 2.05) is 13.0 Å². The molecule has 0 saturated carbocycles. The first-order chi connectivity index (χ1) is 8.74. The van der Waals surface area contributed by atoms with Crippen molar-refractivity contribution in [1.82, 2.24) is 0 Å². The Labute approximate surface area is 117 Å². The van der Waals surface area contributed by atoms with Gasteiger partial charge in [0, 0.05) is 0 Å². The van der Waals surface area contributed by atoms with E-state index in [2.05, 4.69) is 59.2 Å². The average molecular weight is 252 g/mol. The van der Waals surface area contributed by atoms with Gasteiger partial charge in [-0.25, -0.2) is 0 Å². The highest BCUT2D eigenvalue weighted by Crippen LogP contribution is 1.93. The highest BCUT2D eigenvalue weighted by atomic mass is 13.8. The molecule has 0 aliphatic rings. The SMILES string of the molecule is C/C=C/CCCC.C=C.C=CC.C=CCCCC. The predicted octanol–water partition coefficient (Wildman–Crippen LogP) is 7.11. The summed E-state index contributed by atoms with van der Waals surface area (Å²) >= 11 is 0. The van der Waals surface area contributed by atoms with Gasteiger partial charge in [-0.15, -0.1) is 26.3 Å². The summed E-state index contributed by atoms with van der Waals surface area (Å²) in [6.45, 7) is 21.3. The lowest BCUT2D eigenvalue weighted by Gasteiger charge is -1.83. The number of rotatable bonds is 6. The Balaban J connectivity index is -0.0000000811. The van der Waals surface area contributed by atoms with Crippen LogP contribution < -0.4 is 0 Å². The second kappa shape index (κ2) is 44.5. The molecule has 0 unspecified atom stereocenters. The molecular weight excluding hydrogens is 216 g/mol. The molecule has 0 amide bonds. The highest BCUT2D eigenvalue weighted by molar-refractivity contribution is 4.75. The molecular formula is C18H36. The third-order valence-electron chi connectivity index (χ3n) is 1.72. The van der Waals surface area contributed by atoms with Crippen LogP contribution >= 0.6 is 0 Å². The van der Waals surface area contributed by atoms with Gasteiger partial charge in [0.25, 0.3) is 0 Å². The van der Waals surface area contributed by atoms with Gasteiger partial charge in [-0.1, -0.05) is 63.8 Å². The summed E-state index contributed by atoms with van der Waals surface area (Å²) in [4.78, 5) is 0. The van der Waals surface area contributed by atoms with Gasteiger partial charge in [-0.3, -0.25) is 0 Å². The van der Waals surface area contributed by atoms with Gasteiger partial charge in [0.1, 0.15) is 0 Å². The van der Waals surface area contributed by atoms with Crippen LogP contribution in [0.25, 0.3) is 0 Å². The van der Waals surface area contributed by atoms with E-state index in [0.29, 0.717) is 0 Å². The Bertz CT molecular complexity index is 142. The van der Waals surface area contributed by atoms with Crippen molar-refractivity contribution >= 4 is 0 Å². The fourth-order valence-corrected chi connectivity index (χ4v) is 0.837. The van der Waals surface area contributed by atoms with E-state index < -0.39 is 0 Å². The maximum absolute atomic E-state index is 3.60. The van der Waals surface area contributed by atoms with Crippen LogP contribution in [-0.2, 0) is 0 Å². The summed E-state index contributed by atoms with van der Waals surface area (Å²) in [5.41, 5.74) is 0. The van der Waals surface area contributed by atoms with Crippen LogP contribution in [0.3, 0.4) is 0 Å². The monoisotopic (exact) mass is 252 g/mol. The summed E-state index contributed by atoms with van der Waals surface area (Å²) in [5, 5.41) is 0. The predicted molar refractivity (Wildman–Crippen MR) is 91.2 cm³/mol. The first kappa shape index (κ1) is 25.7. The first-order valence-corrected chi connectivity index (χ1v) is 7.04. The van der Waals surface area contributed by atoms with E-state index >= 15 is 0 Å². The molecule has 0 fully saturated rings. The van der Waals surface area contributed by atoms with Crippen LogP contribution in [0, 0.1) is 0 Å². The number of unbranched alkanes of at least 4 members (excludes halogenated alkanes) is 4. The summed E-state index contributed by atoms with van der Waals surface area (Å²) in [7, 11) is 0. The minimum atomic E-state index is 1.18. The number of allylic oxidation sites excluding steroid dienone is 4. The highest BCUT2D eigenvalue weighted by Gasteiger charge is 1.73. The molecule has 0 saturated heterocycles. The van der Waals surface area contributed by atoms with Gasteiger partial charge < -0.3 is 0 Å². The second-order valence-corrected chi connectivity index (χ2v) is 3.55. The number of hydrogen-bond donors (Lipinski definition) is 0. The molecule has 0 bridgehead atoms. The zero-order valence-corrected chi connectivity index (χ0v) is 13.4. The molecule has 0 aliphatic carbocycles. The Morgan fingerprint density at radius 3 is 1.44 bits per heavy atom. The van der Waals surface area contributed by atoms with E-state index in [9.17, 15) is 0 Å². The van der Waals surface area contributed by atoms with Crippen LogP contribution in [0.15, 0.2) is 50.6 Å². The zero-order valence-electron chi connectivity index (χ0n) is 13.4. The van der Waals surface area contributed by atoms with Crippen LogP contribution in [0.2, 0.25) is 0 Å². The molecule has 0 N–H and O–H groups in total. The van der Waals surface area contributed by atoms with E-state index in [4.69, 9.17) is 0 Å². The lowest BCUT2D eigenvalue weighted by molar-refractivity contribution is 0.814. The minimum absolute atomic E-state index is 1.18. The normalized spacial score (nSPS) is 7.78.